The van der Waals surface area contributed by atoms with E-state index < -0.39 is 0 Å². The van der Waals surface area contributed by atoms with Crippen molar-refractivity contribution in [2.75, 3.05) is 18.8 Å². The zero-order valence-electron chi connectivity index (χ0n) is 13.7. The molecule has 1 aliphatic rings. The molecule has 0 bridgehead atoms. The summed E-state index contributed by atoms with van der Waals surface area (Å²) in [5.41, 5.74) is 0.788. The van der Waals surface area contributed by atoms with Gasteiger partial charge >= 0.3 is 0 Å². The van der Waals surface area contributed by atoms with Crippen LogP contribution in [0.1, 0.15) is 44.0 Å². The summed E-state index contributed by atoms with van der Waals surface area (Å²) in [7, 11) is 0. The van der Waals surface area contributed by atoms with Gasteiger partial charge in [-0.2, -0.15) is 0 Å². The Labute approximate surface area is 137 Å². The summed E-state index contributed by atoms with van der Waals surface area (Å²) >= 11 is 1.68. The Balaban J connectivity index is 1.83. The first-order chi connectivity index (χ1) is 10.4. The maximum absolute atomic E-state index is 12.4. The number of ketones is 1. The lowest BCUT2D eigenvalue weighted by atomic mass is 9.89. The van der Waals surface area contributed by atoms with E-state index >= 15 is 0 Å². The zero-order valence-corrected chi connectivity index (χ0v) is 14.5. The number of amides is 1. The van der Waals surface area contributed by atoms with Gasteiger partial charge in [0.25, 0.3) is 0 Å². The van der Waals surface area contributed by atoms with Crippen LogP contribution in [0, 0.1) is 5.92 Å². The molecule has 120 valence electrons. The van der Waals surface area contributed by atoms with Gasteiger partial charge in [0.15, 0.2) is 5.78 Å². The third kappa shape index (κ3) is 4.87. The molecule has 1 aromatic rings. The first-order valence-corrected chi connectivity index (χ1v) is 8.86. The standard InChI is InChI=1S/C18H25NO2S/c1-18(2,3)22-13-16(20)19-11-9-15(10-12-19)17(21)14-7-5-4-6-8-14/h4-8,15H,9-13H2,1-3H3. The number of nitrogens with zero attached hydrogens (tertiary/aromatic N) is 1. The molecule has 1 fully saturated rings. The quantitative estimate of drug-likeness (QED) is 0.795. The smallest absolute Gasteiger partial charge is 0.232 e. The first-order valence-electron chi connectivity index (χ1n) is 7.88. The van der Waals surface area contributed by atoms with E-state index in [4.69, 9.17) is 0 Å². The predicted molar refractivity (Wildman–Crippen MR) is 92.3 cm³/mol. The van der Waals surface area contributed by atoms with Crippen molar-refractivity contribution in [3.05, 3.63) is 35.9 Å². The fourth-order valence-electron chi connectivity index (χ4n) is 2.60. The maximum atomic E-state index is 12.4. The molecule has 1 amide bonds. The number of benzene rings is 1. The highest BCUT2D eigenvalue weighted by molar-refractivity contribution is 8.01. The highest BCUT2D eigenvalue weighted by Crippen LogP contribution is 2.25. The fourth-order valence-corrected chi connectivity index (χ4v) is 3.34. The second-order valence-electron chi connectivity index (χ2n) is 6.79. The molecule has 3 nitrogen and oxygen atoms in total. The number of hydrogen-bond acceptors (Lipinski definition) is 3. The monoisotopic (exact) mass is 319 g/mol. The number of hydrogen-bond donors (Lipinski definition) is 0. The minimum absolute atomic E-state index is 0.0571. The molecule has 22 heavy (non-hydrogen) atoms. The van der Waals surface area contributed by atoms with Gasteiger partial charge in [-0.05, 0) is 12.8 Å². The molecule has 0 N–H and O–H groups in total. The molecule has 0 radical (unpaired) electrons. The van der Waals surface area contributed by atoms with Crippen LogP contribution in [0.15, 0.2) is 30.3 Å². The first kappa shape index (κ1) is 17.1. The number of piperidine rings is 1. The van der Waals surface area contributed by atoms with Gasteiger partial charge in [-0.3, -0.25) is 9.59 Å². The average Bonchev–Trinajstić information content (AvgIpc) is 2.52. The summed E-state index contributed by atoms with van der Waals surface area (Å²) in [5, 5.41) is 0. The van der Waals surface area contributed by atoms with Gasteiger partial charge in [-0.1, -0.05) is 51.1 Å². The highest BCUT2D eigenvalue weighted by Gasteiger charge is 2.28. The molecule has 0 aromatic heterocycles. The van der Waals surface area contributed by atoms with Gasteiger partial charge in [-0.15, -0.1) is 11.8 Å². The molecular weight excluding hydrogens is 294 g/mol. The van der Waals surface area contributed by atoms with Gasteiger partial charge < -0.3 is 4.90 Å². The minimum atomic E-state index is 0.0571. The largest absolute Gasteiger partial charge is 0.342 e. The van der Waals surface area contributed by atoms with E-state index in [9.17, 15) is 9.59 Å². The van der Waals surface area contributed by atoms with E-state index in [0.717, 1.165) is 18.4 Å². The number of Topliss-reactive ketones (excluding diaryl/α,β-unsaturated/α-hetero) is 1. The Morgan fingerprint density at radius 1 is 1.14 bits per heavy atom. The molecule has 0 spiro atoms. The van der Waals surface area contributed by atoms with Gasteiger partial charge in [0.05, 0.1) is 5.75 Å². The summed E-state index contributed by atoms with van der Waals surface area (Å²) < 4.78 is 0.108. The Morgan fingerprint density at radius 3 is 2.27 bits per heavy atom. The van der Waals surface area contributed by atoms with Crippen LogP contribution in [0.25, 0.3) is 0 Å². The number of carbonyl (C=O) groups is 2. The third-order valence-electron chi connectivity index (χ3n) is 3.91. The molecule has 0 aliphatic carbocycles. The van der Waals surface area contributed by atoms with Crippen LogP contribution in [0.4, 0.5) is 0 Å². The minimum Gasteiger partial charge on any atom is -0.342 e. The molecule has 0 unspecified atom stereocenters. The summed E-state index contributed by atoms with van der Waals surface area (Å²) in [6.45, 7) is 7.76. The van der Waals surface area contributed by atoms with Crippen molar-refractivity contribution in [1.29, 1.82) is 0 Å². The maximum Gasteiger partial charge on any atom is 0.232 e. The molecule has 0 saturated carbocycles. The Morgan fingerprint density at radius 2 is 1.73 bits per heavy atom. The predicted octanol–water partition coefficient (Wildman–Crippen LogP) is 3.64. The van der Waals surface area contributed by atoms with Gasteiger partial charge in [0, 0.05) is 29.3 Å². The van der Waals surface area contributed by atoms with Crippen molar-refractivity contribution >= 4 is 23.5 Å². The van der Waals surface area contributed by atoms with Crippen molar-refractivity contribution in [3.63, 3.8) is 0 Å². The second kappa shape index (κ2) is 7.32. The third-order valence-corrected chi connectivity index (χ3v) is 5.16. The molecule has 4 heteroatoms. The van der Waals surface area contributed by atoms with E-state index in [-0.39, 0.29) is 22.4 Å². The van der Waals surface area contributed by atoms with E-state index in [2.05, 4.69) is 20.8 Å². The van der Waals surface area contributed by atoms with Crippen molar-refractivity contribution in [3.8, 4) is 0 Å². The zero-order chi connectivity index (χ0) is 16.2. The Bertz CT molecular complexity index is 514. The number of rotatable bonds is 4. The second-order valence-corrected chi connectivity index (χ2v) is 8.59. The van der Waals surface area contributed by atoms with Crippen LogP contribution < -0.4 is 0 Å². The van der Waals surface area contributed by atoms with E-state index in [0.29, 0.717) is 18.8 Å². The van der Waals surface area contributed by atoms with Crippen molar-refractivity contribution < 1.29 is 9.59 Å². The lowest BCUT2D eigenvalue weighted by molar-refractivity contribution is -0.129. The topological polar surface area (TPSA) is 37.4 Å². The number of likely N-dealkylation sites (tertiary alicyclic amines) is 1. The van der Waals surface area contributed by atoms with E-state index in [1.807, 2.05) is 35.2 Å². The van der Waals surface area contributed by atoms with E-state index in [1.54, 1.807) is 11.8 Å². The molecule has 1 aliphatic heterocycles. The van der Waals surface area contributed by atoms with Gasteiger partial charge in [-0.25, -0.2) is 0 Å². The lowest BCUT2D eigenvalue weighted by Gasteiger charge is -2.32. The SMILES string of the molecule is CC(C)(C)SCC(=O)N1CCC(C(=O)c2ccccc2)CC1. The number of carbonyl (C=O) groups excluding carboxylic acids is 2. The molecular formula is C18H25NO2S. The van der Waals surface area contributed by atoms with Gasteiger partial charge in [0.1, 0.15) is 0 Å². The normalized spacial score (nSPS) is 16.6. The van der Waals surface area contributed by atoms with Crippen molar-refractivity contribution in [1.82, 2.24) is 4.90 Å². The Hall–Kier alpha value is -1.29. The van der Waals surface area contributed by atoms with Crippen molar-refractivity contribution in [2.45, 2.75) is 38.4 Å². The highest BCUT2D eigenvalue weighted by atomic mass is 32.2. The van der Waals surface area contributed by atoms with Crippen LogP contribution in [0.3, 0.4) is 0 Å². The number of thioether (sulfide) groups is 1. The fraction of sp³-hybridized carbons (Fsp3) is 0.556. The summed E-state index contributed by atoms with van der Waals surface area (Å²) in [5.74, 6) is 1.00. The summed E-state index contributed by atoms with van der Waals surface area (Å²) in [4.78, 5) is 26.5. The van der Waals surface area contributed by atoms with Crippen molar-refractivity contribution in [2.24, 2.45) is 5.92 Å². The molecule has 1 aromatic carbocycles. The van der Waals surface area contributed by atoms with Crippen LogP contribution in [-0.2, 0) is 4.79 Å². The van der Waals surface area contributed by atoms with Gasteiger partial charge in [0.2, 0.25) is 5.91 Å². The molecule has 1 heterocycles. The molecule has 1 saturated heterocycles. The Kier molecular flexibility index (Phi) is 5.68. The molecule has 2 rings (SSSR count). The van der Waals surface area contributed by atoms with Crippen LogP contribution in [-0.4, -0.2) is 40.2 Å². The lowest BCUT2D eigenvalue weighted by Crippen LogP contribution is -2.41. The summed E-state index contributed by atoms with van der Waals surface area (Å²) in [6.07, 6.45) is 1.55. The van der Waals surface area contributed by atoms with E-state index in [1.165, 1.54) is 0 Å². The van der Waals surface area contributed by atoms with Crippen LogP contribution in [0.5, 0.6) is 0 Å². The van der Waals surface area contributed by atoms with Crippen LogP contribution >= 0.6 is 11.8 Å². The molecule has 0 atom stereocenters. The van der Waals surface area contributed by atoms with Crippen LogP contribution in [0.2, 0.25) is 0 Å². The summed E-state index contributed by atoms with van der Waals surface area (Å²) in [6, 6.07) is 9.47. The average molecular weight is 319 g/mol.